The van der Waals surface area contributed by atoms with Crippen molar-refractivity contribution in [3.8, 4) is 0 Å². The monoisotopic (exact) mass is 283 g/mol. The zero-order valence-corrected chi connectivity index (χ0v) is 11.7. The van der Waals surface area contributed by atoms with Crippen molar-refractivity contribution < 1.29 is 9.18 Å². The first-order valence-electron chi connectivity index (χ1n) is 6.54. The zero-order chi connectivity index (χ0) is 15.0. The van der Waals surface area contributed by atoms with E-state index in [0.717, 1.165) is 5.56 Å². The molecule has 0 unspecified atom stereocenters. The van der Waals surface area contributed by atoms with E-state index in [1.54, 1.807) is 42.1 Å². The average molecular weight is 283 g/mol. The molecule has 106 valence electrons. The van der Waals surface area contributed by atoms with Crippen molar-refractivity contribution >= 4 is 22.6 Å². The van der Waals surface area contributed by atoms with Crippen molar-refractivity contribution in [2.75, 3.05) is 5.32 Å². The van der Waals surface area contributed by atoms with Crippen LogP contribution in [0, 0.1) is 12.7 Å². The number of anilines is 1. The predicted molar refractivity (Wildman–Crippen MR) is 79.8 cm³/mol. The quantitative estimate of drug-likeness (QED) is 0.784. The lowest BCUT2D eigenvalue weighted by molar-refractivity contribution is 0.101. The van der Waals surface area contributed by atoms with Crippen LogP contribution in [-0.4, -0.2) is 15.5 Å². The first kappa shape index (κ1) is 13.3. The normalized spacial score (nSPS) is 10.8. The fraction of sp³-hybridized carbons (Fsp3) is 0.125. The van der Waals surface area contributed by atoms with Gasteiger partial charge in [0.2, 0.25) is 0 Å². The molecular formula is C16H14FN3O. The summed E-state index contributed by atoms with van der Waals surface area (Å²) in [7, 11) is 1.74. The molecule has 0 atom stereocenters. The highest BCUT2D eigenvalue weighted by Gasteiger charge is 2.15. The van der Waals surface area contributed by atoms with Gasteiger partial charge in [-0.2, -0.15) is 0 Å². The molecule has 0 aliphatic heterocycles. The third kappa shape index (κ3) is 2.38. The molecule has 3 aromatic rings. The lowest BCUT2D eigenvalue weighted by Gasteiger charge is -2.06. The second-order valence-corrected chi connectivity index (χ2v) is 4.94. The number of hydrogen-bond acceptors (Lipinski definition) is 2. The SMILES string of the molecule is Cc1ccc(NC(=O)c2cc3c(F)cccc3n2C)nc1. The maximum atomic E-state index is 13.8. The van der Waals surface area contributed by atoms with Crippen molar-refractivity contribution in [1.82, 2.24) is 9.55 Å². The number of amides is 1. The van der Waals surface area contributed by atoms with Gasteiger partial charge in [-0.3, -0.25) is 4.79 Å². The molecule has 2 aromatic heterocycles. The standard InChI is InChI=1S/C16H14FN3O/c1-10-6-7-15(18-9-10)19-16(21)14-8-11-12(17)4-3-5-13(11)20(14)2/h3-9H,1-2H3,(H,18,19,21). The van der Waals surface area contributed by atoms with Gasteiger partial charge in [-0.1, -0.05) is 12.1 Å². The Labute approximate surface area is 121 Å². The Balaban J connectivity index is 1.96. The number of nitrogens with zero attached hydrogens (tertiary/aromatic N) is 2. The van der Waals surface area contributed by atoms with Crippen LogP contribution in [0.4, 0.5) is 10.2 Å². The third-order valence-corrected chi connectivity index (χ3v) is 3.42. The molecule has 1 amide bonds. The van der Waals surface area contributed by atoms with Gasteiger partial charge in [0.1, 0.15) is 17.3 Å². The summed E-state index contributed by atoms with van der Waals surface area (Å²) in [6.07, 6.45) is 1.68. The first-order valence-corrected chi connectivity index (χ1v) is 6.54. The lowest BCUT2D eigenvalue weighted by atomic mass is 10.2. The molecule has 0 aliphatic carbocycles. The summed E-state index contributed by atoms with van der Waals surface area (Å²) >= 11 is 0. The van der Waals surface area contributed by atoms with E-state index >= 15 is 0 Å². The summed E-state index contributed by atoms with van der Waals surface area (Å²) in [5.41, 5.74) is 2.08. The van der Waals surface area contributed by atoms with Gasteiger partial charge in [-0.05, 0) is 36.8 Å². The van der Waals surface area contributed by atoms with Gasteiger partial charge < -0.3 is 9.88 Å². The molecule has 0 aliphatic rings. The Morgan fingerprint density at radius 2 is 2.10 bits per heavy atom. The van der Waals surface area contributed by atoms with Crippen LogP contribution in [0.2, 0.25) is 0 Å². The van der Waals surface area contributed by atoms with Crippen LogP contribution in [0.15, 0.2) is 42.6 Å². The lowest BCUT2D eigenvalue weighted by Crippen LogP contribution is -2.16. The summed E-state index contributed by atoms with van der Waals surface area (Å²) in [6, 6.07) is 9.93. The highest BCUT2D eigenvalue weighted by atomic mass is 19.1. The van der Waals surface area contributed by atoms with Gasteiger partial charge in [-0.15, -0.1) is 0 Å². The number of aromatic nitrogens is 2. The van der Waals surface area contributed by atoms with E-state index < -0.39 is 0 Å². The van der Waals surface area contributed by atoms with E-state index in [-0.39, 0.29) is 11.7 Å². The van der Waals surface area contributed by atoms with Crippen LogP contribution in [-0.2, 0) is 7.05 Å². The summed E-state index contributed by atoms with van der Waals surface area (Å²) in [4.78, 5) is 16.4. The van der Waals surface area contributed by atoms with Gasteiger partial charge in [0, 0.05) is 18.6 Å². The second-order valence-electron chi connectivity index (χ2n) is 4.94. The molecule has 0 saturated heterocycles. The van der Waals surface area contributed by atoms with Crippen molar-refractivity contribution in [1.29, 1.82) is 0 Å². The van der Waals surface area contributed by atoms with Crippen LogP contribution in [0.5, 0.6) is 0 Å². The molecule has 0 saturated carbocycles. The van der Waals surface area contributed by atoms with E-state index in [4.69, 9.17) is 0 Å². The number of hydrogen-bond donors (Lipinski definition) is 1. The Morgan fingerprint density at radius 1 is 1.29 bits per heavy atom. The fourth-order valence-corrected chi connectivity index (χ4v) is 2.26. The molecule has 0 fully saturated rings. The first-order chi connectivity index (χ1) is 10.1. The Hall–Kier alpha value is -2.69. The maximum absolute atomic E-state index is 13.8. The number of benzene rings is 1. The number of pyridine rings is 1. The summed E-state index contributed by atoms with van der Waals surface area (Å²) in [6.45, 7) is 1.92. The van der Waals surface area contributed by atoms with Crippen molar-refractivity contribution in [3.63, 3.8) is 0 Å². The van der Waals surface area contributed by atoms with Crippen LogP contribution < -0.4 is 5.32 Å². The van der Waals surface area contributed by atoms with E-state index in [9.17, 15) is 9.18 Å². The summed E-state index contributed by atoms with van der Waals surface area (Å²) in [5.74, 6) is -0.184. The van der Waals surface area contributed by atoms with Gasteiger partial charge in [0.05, 0.1) is 5.52 Å². The van der Waals surface area contributed by atoms with E-state index in [1.165, 1.54) is 6.07 Å². The highest BCUT2D eigenvalue weighted by molar-refractivity contribution is 6.06. The average Bonchev–Trinajstić information content (AvgIpc) is 2.81. The van der Waals surface area contributed by atoms with Crippen LogP contribution in [0.3, 0.4) is 0 Å². The molecule has 1 aromatic carbocycles. The minimum atomic E-state index is -0.337. The van der Waals surface area contributed by atoms with E-state index in [0.29, 0.717) is 22.4 Å². The van der Waals surface area contributed by atoms with Crippen molar-refractivity contribution in [2.45, 2.75) is 6.92 Å². The molecule has 3 rings (SSSR count). The van der Waals surface area contributed by atoms with E-state index in [2.05, 4.69) is 10.3 Å². The minimum Gasteiger partial charge on any atom is -0.340 e. The molecule has 1 N–H and O–H groups in total. The molecule has 0 spiro atoms. The summed E-state index contributed by atoms with van der Waals surface area (Å²) < 4.78 is 15.4. The maximum Gasteiger partial charge on any atom is 0.273 e. The zero-order valence-electron chi connectivity index (χ0n) is 11.7. The number of fused-ring (bicyclic) bond motifs is 1. The smallest absolute Gasteiger partial charge is 0.273 e. The Kier molecular flexibility index (Phi) is 3.17. The Bertz CT molecular complexity index is 821. The fourth-order valence-electron chi connectivity index (χ4n) is 2.26. The predicted octanol–water partition coefficient (Wildman–Crippen LogP) is 3.27. The van der Waals surface area contributed by atoms with Crippen molar-refractivity contribution in [2.24, 2.45) is 7.05 Å². The van der Waals surface area contributed by atoms with Gasteiger partial charge >= 0.3 is 0 Å². The van der Waals surface area contributed by atoms with Crippen LogP contribution in [0.1, 0.15) is 16.1 Å². The van der Waals surface area contributed by atoms with Crippen molar-refractivity contribution in [3.05, 3.63) is 59.7 Å². The number of rotatable bonds is 2. The topological polar surface area (TPSA) is 46.9 Å². The second kappa shape index (κ2) is 5.01. The number of aryl methyl sites for hydroxylation is 2. The van der Waals surface area contributed by atoms with E-state index in [1.807, 2.05) is 13.0 Å². The number of halogens is 1. The van der Waals surface area contributed by atoms with Crippen LogP contribution >= 0.6 is 0 Å². The van der Waals surface area contributed by atoms with Gasteiger partial charge in [0.25, 0.3) is 5.91 Å². The molecular weight excluding hydrogens is 269 g/mol. The summed E-state index contributed by atoms with van der Waals surface area (Å²) in [5, 5.41) is 3.15. The molecule has 0 bridgehead atoms. The van der Waals surface area contributed by atoms with Gasteiger partial charge in [-0.25, -0.2) is 9.37 Å². The minimum absolute atomic E-state index is 0.315. The molecule has 21 heavy (non-hydrogen) atoms. The molecule has 2 heterocycles. The third-order valence-electron chi connectivity index (χ3n) is 3.42. The number of carbonyl (C=O) groups excluding carboxylic acids is 1. The molecule has 5 heteroatoms. The van der Waals surface area contributed by atoms with Gasteiger partial charge in [0.15, 0.2) is 0 Å². The molecule has 4 nitrogen and oxygen atoms in total. The number of nitrogens with one attached hydrogen (secondary N) is 1. The Morgan fingerprint density at radius 3 is 2.76 bits per heavy atom. The molecule has 0 radical (unpaired) electrons. The largest absolute Gasteiger partial charge is 0.340 e. The highest BCUT2D eigenvalue weighted by Crippen LogP contribution is 2.22. The number of carbonyl (C=O) groups is 1. The van der Waals surface area contributed by atoms with Crippen LogP contribution in [0.25, 0.3) is 10.9 Å².